The topological polar surface area (TPSA) is 71.2 Å². The summed E-state index contributed by atoms with van der Waals surface area (Å²) in [5, 5.41) is 17.4. The number of carbonyl (C=O) groups is 1. The largest absolute Gasteiger partial charge is 0.465 e. The maximum atomic E-state index is 11.1. The number of fused-ring (bicyclic) bond motifs is 1. The Morgan fingerprint density at radius 1 is 1.30 bits per heavy atom. The fraction of sp³-hybridized carbons (Fsp3) is 0.357. The molecule has 0 aliphatic carbocycles. The van der Waals surface area contributed by atoms with Gasteiger partial charge in [-0.15, -0.1) is 5.10 Å². The van der Waals surface area contributed by atoms with E-state index in [-0.39, 0.29) is 0 Å². The molecule has 1 aliphatic rings. The van der Waals surface area contributed by atoms with Crippen LogP contribution in [0, 0.1) is 0 Å². The van der Waals surface area contributed by atoms with Crippen molar-refractivity contribution < 1.29 is 9.90 Å². The Balaban J connectivity index is 1.84. The molecular weight excluding hydrogens is 256 g/mol. The van der Waals surface area contributed by atoms with E-state index >= 15 is 0 Å². The summed E-state index contributed by atoms with van der Waals surface area (Å²) in [6.45, 7) is 1.56. The van der Waals surface area contributed by atoms with E-state index in [1.165, 1.54) is 10.5 Å². The van der Waals surface area contributed by atoms with E-state index in [9.17, 15) is 4.79 Å². The lowest BCUT2D eigenvalue weighted by Crippen LogP contribution is -2.29. The van der Waals surface area contributed by atoms with E-state index in [2.05, 4.69) is 10.3 Å². The van der Waals surface area contributed by atoms with E-state index in [0.717, 1.165) is 24.2 Å². The smallest absolute Gasteiger partial charge is 0.407 e. The van der Waals surface area contributed by atoms with Crippen molar-refractivity contribution in [3.63, 3.8) is 0 Å². The molecule has 0 radical (unpaired) electrons. The van der Waals surface area contributed by atoms with Crippen molar-refractivity contribution >= 4 is 6.09 Å². The molecule has 0 saturated heterocycles. The van der Waals surface area contributed by atoms with Crippen molar-refractivity contribution in [1.82, 2.24) is 19.9 Å². The number of aromatic nitrogens is 3. The highest BCUT2D eigenvalue weighted by Crippen LogP contribution is 2.17. The minimum atomic E-state index is -0.893. The summed E-state index contributed by atoms with van der Waals surface area (Å²) in [5.41, 5.74) is 3.00. The van der Waals surface area contributed by atoms with Crippen LogP contribution in [0.2, 0.25) is 0 Å². The third kappa shape index (κ3) is 2.49. The first kappa shape index (κ1) is 12.7. The van der Waals surface area contributed by atoms with E-state index in [1.54, 1.807) is 0 Å². The first-order valence-electron chi connectivity index (χ1n) is 6.67. The molecule has 2 aromatic rings. The van der Waals surface area contributed by atoms with Gasteiger partial charge in [-0.3, -0.25) is 0 Å². The van der Waals surface area contributed by atoms with E-state index in [4.69, 9.17) is 5.11 Å². The van der Waals surface area contributed by atoms with Crippen LogP contribution in [-0.4, -0.2) is 37.6 Å². The molecule has 3 rings (SSSR count). The van der Waals surface area contributed by atoms with Crippen molar-refractivity contribution in [1.29, 1.82) is 0 Å². The Kier molecular flexibility index (Phi) is 3.37. The standard InChI is InChI=1S/C14H16N4O2/c19-14(20)17-8-4-7-13-12(10-17)15-16-18(13)9-11-5-2-1-3-6-11/h1-3,5-6H,4,7-10H2,(H,19,20). The van der Waals surface area contributed by atoms with Gasteiger partial charge in [-0.1, -0.05) is 35.5 Å². The van der Waals surface area contributed by atoms with Gasteiger partial charge in [0.2, 0.25) is 0 Å². The highest BCUT2D eigenvalue weighted by Gasteiger charge is 2.22. The molecule has 1 aliphatic heterocycles. The highest BCUT2D eigenvalue weighted by atomic mass is 16.4. The van der Waals surface area contributed by atoms with Crippen LogP contribution in [0.4, 0.5) is 4.79 Å². The molecule has 0 spiro atoms. The second-order valence-corrected chi connectivity index (χ2v) is 4.93. The third-order valence-corrected chi connectivity index (χ3v) is 3.55. The lowest BCUT2D eigenvalue weighted by molar-refractivity contribution is 0.142. The van der Waals surface area contributed by atoms with Crippen LogP contribution in [0.15, 0.2) is 30.3 Å². The monoisotopic (exact) mass is 272 g/mol. The van der Waals surface area contributed by atoms with Gasteiger partial charge < -0.3 is 10.0 Å². The molecule has 0 fully saturated rings. The summed E-state index contributed by atoms with van der Waals surface area (Å²) in [4.78, 5) is 12.5. The molecule has 1 N–H and O–H groups in total. The van der Waals surface area contributed by atoms with Crippen LogP contribution in [0.3, 0.4) is 0 Å². The molecule has 0 saturated carbocycles. The molecule has 1 aromatic carbocycles. The SMILES string of the molecule is O=C(O)N1CCCc2c(nnn2Cc2ccccc2)C1. The van der Waals surface area contributed by atoms with Crippen molar-refractivity contribution in [3.05, 3.63) is 47.3 Å². The van der Waals surface area contributed by atoms with Crippen LogP contribution >= 0.6 is 0 Å². The van der Waals surface area contributed by atoms with Gasteiger partial charge in [0.1, 0.15) is 5.69 Å². The molecule has 1 amide bonds. The van der Waals surface area contributed by atoms with Crippen LogP contribution in [-0.2, 0) is 19.5 Å². The Morgan fingerprint density at radius 2 is 2.10 bits per heavy atom. The lowest BCUT2D eigenvalue weighted by Gasteiger charge is -2.14. The molecular formula is C14H16N4O2. The average Bonchev–Trinajstić information content (AvgIpc) is 2.70. The molecule has 20 heavy (non-hydrogen) atoms. The van der Waals surface area contributed by atoms with Crippen molar-refractivity contribution in [2.24, 2.45) is 0 Å². The second kappa shape index (κ2) is 5.32. The Labute approximate surface area is 116 Å². The van der Waals surface area contributed by atoms with E-state index in [1.807, 2.05) is 35.0 Å². The number of nitrogens with zero attached hydrogens (tertiary/aromatic N) is 4. The van der Waals surface area contributed by atoms with Gasteiger partial charge in [0.25, 0.3) is 0 Å². The van der Waals surface area contributed by atoms with Crippen LogP contribution < -0.4 is 0 Å². The molecule has 6 heteroatoms. The number of benzene rings is 1. The number of hydrogen-bond acceptors (Lipinski definition) is 3. The molecule has 1 aromatic heterocycles. The van der Waals surface area contributed by atoms with Gasteiger partial charge in [-0.05, 0) is 18.4 Å². The van der Waals surface area contributed by atoms with E-state index in [0.29, 0.717) is 19.6 Å². The third-order valence-electron chi connectivity index (χ3n) is 3.55. The molecule has 6 nitrogen and oxygen atoms in total. The highest BCUT2D eigenvalue weighted by molar-refractivity contribution is 5.65. The molecule has 0 unspecified atom stereocenters. The van der Waals surface area contributed by atoms with Crippen molar-refractivity contribution in [2.75, 3.05) is 6.54 Å². The number of carboxylic acid groups (broad SMARTS) is 1. The molecule has 0 atom stereocenters. The number of hydrogen-bond donors (Lipinski definition) is 1. The molecule has 104 valence electrons. The second-order valence-electron chi connectivity index (χ2n) is 4.93. The summed E-state index contributed by atoms with van der Waals surface area (Å²) in [7, 11) is 0. The van der Waals surface area contributed by atoms with Gasteiger partial charge in [0, 0.05) is 6.54 Å². The Hall–Kier alpha value is -2.37. The normalized spacial score (nSPS) is 14.7. The summed E-state index contributed by atoms with van der Waals surface area (Å²) < 4.78 is 1.88. The zero-order valence-electron chi connectivity index (χ0n) is 11.1. The minimum absolute atomic E-state index is 0.333. The summed E-state index contributed by atoms with van der Waals surface area (Å²) >= 11 is 0. The van der Waals surface area contributed by atoms with Crippen LogP contribution in [0.1, 0.15) is 23.4 Å². The summed E-state index contributed by atoms with van der Waals surface area (Å²) in [6, 6.07) is 10.1. The predicted molar refractivity (Wildman–Crippen MR) is 72.3 cm³/mol. The fourth-order valence-corrected chi connectivity index (χ4v) is 2.51. The first-order valence-corrected chi connectivity index (χ1v) is 6.67. The fourth-order valence-electron chi connectivity index (χ4n) is 2.51. The maximum absolute atomic E-state index is 11.1. The molecule has 0 bridgehead atoms. The average molecular weight is 272 g/mol. The van der Waals surface area contributed by atoms with E-state index < -0.39 is 6.09 Å². The van der Waals surface area contributed by atoms with Gasteiger partial charge >= 0.3 is 6.09 Å². The van der Waals surface area contributed by atoms with Crippen molar-refractivity contribution in [2.45, 2.75) is 25.9 Å². The maximum Gasteiger partial charge on any atom is 0.407 e. The lowest BCUT2D eigenvalue weighted by atomic mass is 10.2. The Bertz CT molecular complexity index is 609. The number of amides is 1. The molecule has 2 heterocycles. The summed E-state index contributed by atoms with van der Waals surface area (Å²) in [5.74, 6) is 0. The predicted octanol–water partition coefficient (Wildman–Crippen LogP) is 1.75. The van der Waals surface area contributed by atoms with Gasteiger partial charge in [-0.25, -0.2) is 9.48 Å². The zero-order valence-corrected chi connectivity index (χ0v) is 11.1. The number of rotatable bonds is 2. The Morgan fingerprint density at radius 3 is 2.85 bits per heavy atom. The van der Waals surface area contributed by atoms with Crippen LogP contribution in [0.5, 0.6) is 0 Å². The van der Waals surface area contributed by atoms with Crippen LogP contribution in [0.25, 0.3) is 0 Å². The summed E-state index contributed by atoms with van der Waals surface area (Å²) in [6.07, 6.45) is 0.732. The van der Waals surface area contributed by atoms with Gasteiger partial charge in [0.15, 0.2) is 0 Å². The minimum Gasteiger partial charge on any atom is -0.465 e. The van der Waals surface area contributed by atoms with Gasteiger partial charge in [0.05, 0.1) is 18.8 Å². The first-order chi connectivity index (χ1) is 9.74. The quantitative estimate of drug-likeness (QED) is 0.904. The van der Waals surface area contributed by atoms with Gasteiger partial charge in [-0.2, -0.15) is 0 Å². The zero-order chi connectivity index (χ0) is 13.9. The van der Waals surface area contributed by atoms with Crippen molar-refractivity contribution in [3.8, 4) is 0 Å².